The lowest BCUT2D eigenvalue weighted by molar-refractivity contribution is 0.474. The van der Waals surface area contributed by atoms with E-state index in [1.807, 2.05) is 19.1 Å². The van der Waals surface area contributed by atoms with E-state index in [2.05, 4.69) is 4.99 Å². The summed E-state index contributed by atoms with van der Waals surface area (Å²) in [5, 5.41) is 0. The van der Waals surface area contributed by atoms with E-state index in [0.717, 1.165) is 5.56 Å². The number of aryl methyl sites for hydroxylation is 1. The number of rotatable bonds is 2. The Morgan fingerprint density at radius 1 is 1.08 bits per heavy atom. The molecule has 0 aromatic heterocycles. The van der Waals surface area contributed by atoms with Gasteiger partial charge in [0.05, 0.1) is 5.75 Å². The number of halogens is 1. The van der Waals surface area contributed by atoms with Gasteiger partial charge in [0.15, 0.2) is 14.6 Å². The molecule has 4 N–H and O–H groups in total. The van der Waals surface area contributed by atoms with E-state index < -0.39 is 25.9 Å². The Hall–Kier alpha value is -2.41. The molecule has 2 aromatic carbocycles. The minimum atomic E-state index is -3.79. The molecule has 0 aliphatic carbocycles. The van der Waals surface area contributed by atoms with Gasteiger partial charge in [0.2, 0.25) is 0 Å². The van der Waals surface area contributed by atoms with Crippen molar-refractivity contribution in [2.45, 2.75) is 31.1 Å². The van der Waals surface area contributed by atoms with Crippen LogP contribution in [-0.4, -0.2) is 20.0 Å². The molecule has 0 amide bonds. The van der Waals surface area contributed by atoms with Crippen molar-refractivity contribution in [3.05, 3.63) is 65.0 Å². The average molecular weight is 375 g/mol. The van der Waals surface area contributed by atoms with E-state index in [1.54, 1.807) is 26.0 Å². The average Bonchev–Trinajstić information content (AvgIpc) is 2.55. The predicted octanol–water partition coefficient (Wildman–Crippen LogP) is 2.63. The van der Waals surface area contributed by atoms with E-state index in [9.17, 15) is 12.8 Å². The van der Waals surface area contributed by atoms with Gasteiger partial charge in [-0.2, -0.15) is 0 Å². The van der Waals surface area contributed by atoms with Crippen LogP contribution in [0.3, 0.4) is 0 Å². The summed E-state index contributed by atoms with van der Waals surface area (Å²) in [7, 11) is -3.79. The van der Waals surface area contributed by atoms with Crippen LogP contribution < -0.4 is 11.5 Å². The molecule has 3 rings (SSSR count). The maximum Gasteiger partial charge on any atom is 0.169 e. The molecule has 0 saturated carbocycles. The zero-order valence-electron chi connectivity index (χ0n) is 15.0. The van der Waals surface area contributed by atoms with Crippen molar-refractivity contribution < 1.29 is 12.8 Å². The molecule has 2 atom stereocenters. The van der Waals surface area contributed by atoms with E-state index in [1.165, 1.54) is 18.2 Å². The molecule has 7 heteroatoms. The van der Waals surface area contributed by atoms with Crippen molar-refractivity contribution in [2.75, 3.05) is 11.5 Å². The van der Waals surface area contributed by atoms with E-state index >= 15 is 0 Å². The van der Waals surface area contributed by atoms with Crippen LogP contribution in [0.1, 0.15) is 30.5 Å². The molecule has 2 aromatic rings. The SMILES string of the molecule is Cc1ccc([C@@]2(C)C(N)=N[C@](C)(c3cc(N)ccc3F)CS2(=O)=O)cc1. The number of nitrogens with zero attached hydrogens (tertiary/aromatic N) is 1. The molecular formula is C19H22FN3O2S. The first-order chi connectivity index (χ1) is 12.0. The summed E-state index contributed by atoms with van der Waals surface area (Å²) in [6.07, 6.45) is 0. The third-order valence-corrected chi connectivity index (χ3v) is 7.75. The molecule has 0 bridgehead atoms. The lowest BCUT2D eigenvalue weighted by Gasteiger charge is -2.40. The number of anilines is 1. The molecule has 26 heavy (non-hydrogen) atoms. The number of amidine groups is 1. The van der Waals surface area contributed by atoms with Crippen LogP contribution in [0.25, 0.3) is 0 Å². The number of aliphatic imine (C=N–C) groups is 1. The molecule has 1 aliphatic heterocycles. The van der Waals surface area contributed by atoms with Crippen molar-refractivity contribution in [1.82, 2.24) is 0 Å². The van der Waals surface area contributed by atoms with Gasteiger partial charge in [0.1, 0.15) is 17.2 Å². The second kappa shape index (κ2) is 5.81. The molecule has 0 saturated heterocycles. The fourth-order valence-electron chi connectivity index (χ4n) is 3.37. The highest BCUT2D eigenvalue weighted by Crippen LogP contribution is 2.42. The summed E-state index contributed by atoms with van der Waals surface area (Å²) < 4.78 is 39.5. The fourth-order valence-corrected chi connectivity index (χ4v) is 5.48. The lowest BCUT2D eigenvalue weighted by atomic mass is 9.91. The first kappa shape index (κ1) is 18.4. The van der Waals surface area contributed by atoms with E-state index in [4.69, 9.17) is 11.5 Å². The number of benzene rings is 2. The van der Waals surface area contributed by atoms with Crippen LogP contribution in [-0.2, 0) is 20.1 Å². The van der Waals surface area contributed by atoms with Crippen molar-refractivity contribution in [2.24, 2.45) is 10.7 Å². The third-order valence-electron chi connectivity index (χ3n) is 5.12. The van der Waals surface area contributed by atoms with E-state index in [-0.39, 0.29) is 17.2 Å². The zero-order chi connectivity index (χ0) is 19.3. The second-order valence-electron chi connectivity index (χ2n) is 7.17. The minimum Gasteiger partial charge on any atom is -0.399 e. The largest absolute Gasteiger partial charge is 0.399 e. The molecule has 0 unspecified atom stereocenters. The van der Waals surface area contributed by atoms with Crippen molar-refractivity contribution in [3.63, 3.8) is 0 Å². The Morgan fingerprint density at radius 3 is 2.27 bits per heavy atom. The van der Waals surface area contributed by atoms with Gasteiger partial charge in [-0.05, 0) is 44.5 Å². The van der Waals surface area contributed by atoms with E-state index in [0.29, 0.717) is 11.3 Å². The van der Waals surface area contributed by atoms with Crippen molar-refractivity contribution in [1.29, 1.82) is 0 Å². The first-order valence-corrected chi connectivity index (χ1v) is 9.85. The standard InChI is InChI=1S/C19H22FN3O2S/c1-12-4-6-13(7-5-12)19(3)17(22)23-18(2,11-26(19,24)25)15-10-14(21)8-9-16(15)20/h4-10H,11,21H2,1-3H3,(H2,22,23)/t18-,19-/m0/s1. The van der Waals surface area contributed by atoms with Crippen molar-refractivity contribution >= 4 is 21.4 Å². The van der Waals surface area contributed by atoms with Gasteiger partial charge in [0, 0.05) is 11.3 Å². The van der Waals surface area contributed by atoms with Crippen LogP contribution in [0.15, 0.2) is 47.5 Å². The second-order valence-corrected chi connectivity index (χ2v) is 9.50. The summed E-state index contributed by atoms with van der Waals surface area (Å²) >= 11 is 0. The number of sulfone groups is 1. The third kappa shape index (κ3) is 2.67. The minimum absolute atomic E-state index is 0.0584. The Kier molecular flexibility index (Phi) is 4.10. The number of hydrogen-bond donors (Lipinski definition) is 2. The van der Waals surface area contributed by atoms with Crippen LogP contribution in [0.2, 0.25) is 0 Å². The van der Waals surface area contributed by atoms with Crippen LogP contribution in [0, 0.1) is 12.7 Å². The molecule has 1 heterocycles. The number of nitrogen functional groups attached to an aromatic ring is 1. The van der Waals surface area contributed by atoms with Gasteiger partial charge >= 0.3 is 0 Å². The Labute approximate surface area is 152 Å². The summed E-state index contributed by atoms with van der Waals surface area (Å²) in [6.45, 7) is 5.02. The predicted molar refractivity (Wildman–Crippen MR) is 102 cm³/mol. The molecule has 1 aliphatic rings. The van der Waals surface area contributed by atoms with Gasteiger partial charge in [-0.25, -0.2) is 12.8 Å². The number of nitrogens with two attached hydrogens (primary N) is 2. The monoisotopic (exact) mass is 375 g/mol. The summed E-state index contributed by atoms with van der Waals surface area (Å²) in [5.41, 5.74) is 12.6. The van der Waals surface area contributed by atoms with Gasteiger partial charge in [0.25, 0.3) is 0 Å². The smallest absolute Gasteiger partial charge is 0.169 e. The summed E-state index contributed by atoms with van der Waals surface area (Å²) in [5.74, 6) is -0.991. The molecule has 0 spiro atoms. The lowest BCUT2D eigenvalue weighted by Crippen LogP contribution is -2.54. The molecule has 5 nitrogen and oxygen atoms in total. The van der Waals surface area contributed by atoms with Gasteiger partial charge in [-0.3, -0.25) is 4.99 Å². The Balaban J connectivity index is 2.21. The maximum atomic E-state index is 14.4. The van der Waals surface area contributed by atoms with Crippen LogP contribution >= 0.6 is 0 Å². The molecule has 138 valence electrons. The van der Waals surface area contributed by atoms with Gasteiger partial charge in [-0.1, -0.05) is 29.8 Å². The number of hydrogen-bond acceptors (Lipinski definition) is 5. The first-order valence-electron chi connectivity index (χ1n) is 8.20. The topological polar surface area (TPSA) is 98.5 Å². The highest BCUT2D eigenvalue weighted by atomic mass is 32.2. The summed E-state index contributed by atoms with van der Waals surface area (Å²) in [6, 6.07) is 11.2. The Bertz CT molecular complexity index is 1000. The zero-order valence-corrected chi connectivity index (χ0v) is 15.8. The molecular weight excluding hydrogens is 353 g/mol. The summed E-state index contributed by atoms with van der Waals surface area (Å²) in [4.78, 5) is 4.45. The molecule has 0 radical (unpaired) electrons. The van der Waals surface area contributed by atoms with Crippen molar-refractivity contribution in [3.8, 4) is 0 Å². The normalized spacial score (nSPS) is 27.8. The highest BCUT2D eigenvalue weighted by Gasteiger charge is 2.53. The fraction of sp³-hybridized carbons (Fsp3) is 0.316. The quantitative estimate of drug-likeness (QED) is 0.788. The van der Waals surface area contributed by atoms with Crippen LogP contribution in [0.5, 0.6) is 0 Å². The molecule has 0 fully saturated rings. The Morgan fingerprint density at radius 2 is 1.69 bits per heavy atom. The van der Waals surface area contributed by atoms with Gasteiger partial charge in [-0.15, -0.1) is 0 Å². The van der Waals surface area contributed by atoms with Gasteiger partial charge < -0.3 is 11.5 Å². The highest BCUT2D eigenvalue weighted by molar-refractivity contribution is 7.93. The maximum absolute atomic E-state index is 14.4. The van der Waals surface area contributed by atoms with Crippen LogP contribution in [0.4, 0.5) is 10.1 Å².